The van der Waals surface area contributed by atoms with Gasteiger partial charge in [0.2, 0.25) is 0 Å². The number of carbonyl (C=O) groups excluding carboxylic acids is 1. The quantitative estimate of drug-likeness (QED) is 0.252. The molecule has 0 bridgehead atoms. The van der Waals surface area contributed by atoms with Gasteiger partial charge in [0.15, 0.2) is 0 Å². The van der Waals surface area contributed by atoms with Gasteiger partial charge in [-0.2, -0.15) is 0 Å². The third-order valence-electron chi connectivity index (χ3n) is 7.18. The summed E-state index contributed by atoms with van der Waals surface area (Å²) in [7, 11) is 1.73. The van der Waals surface area contributed by atoms with Crippen molar-refractivity contribution >= 4 is 50.9 Å². The van der Waals surface area contributed by atoms with Crippen molar-refractivity contribution in [2.75, 3.05) is 18.5 Å². The van der Waals surface area contributed by atoms with Gasteiger partial charge in [0.25, 0.3) is 0 Å². The van der Waals surface area contributed by atoms with Gasteiger partial charge in [0.1, 0.15) is 0 Å². The zero-order valence-electron chi connectivity index (χ0n) is 21.1. The molecule has 1 aliphatic rings. The molecule has 0 radical (unpaired) electrons. The molecule has 34 heavy (non-hydrogen) atoms. The number of anilines is 1. The van der Waals surface area contributed by atoms with E-state index in [9.17, 15) is 4.79 Å². The molecule has 0 atom stereocenters. The number of halogens is 2. The van der Waals surface area contributed by atoms with Gasteiger partial charge in [-0.05, 0) is 0 Å². The Kier molecular flexibility index (Phi) is 10.0. The van der Waals surface area contributed by atoms with Gasteiger partial charge in [-0.1, -0.05) is 0 Å². The summed E-state index contributed by atoms with van der Waals surface area (Å²) >= 11 is 3.55. The first kappa shape index (κ1) is 27.2. The average molecular weight is 592 g/mol. The van der Waals surface area contributed by atoms with E-state index >= 15 is 4.39 Å². The molecule has 0 fully saturated rings. The molecule has 2 aromatic rings. The zero-order chi connectivity index (χ0) is 24.7. The molecule has 0 saturated carbocycles. The van der Waals surface area contributed by atoms with E-state index in [2.05, 4.69) is 31.8 Å². The molecule has 0 unspecified atom stereocenters. The number of fused-ring (bicyclic) bond motifs is 1. The Bertz CT molecular complexity index is 1020. The number of nitrogens with zero attached hydrogens (tertiary/aromatic N) is 2. The van der Waals surface area contributed by atoms with Gasteiger partial charge in [0.05, 0.1) is 0 Å². The molecule has 0 aliphatic carbocycles. The fourth-order valence-electron chi connectivity index (χ4n) is 5.08. The zero-order valence-corrected chi connectivity index (χ0v) is 24.7. The van der Waals surface area contributed by atoms with Gasteiger partial charge in [-0.25, -0.2) is 0 Å². The maximum atomic E-state index is 15.9. The van der Waals surface area contributed by atoms with Crippen LogP contribution in [0.2, 0.25) is 18.3 Å². The van der Waals surface area contributed by atoms with E-state index in [0.717, 1.165) is 0 Å². The Labute approximate surface area is 213 Å². The number of rotatable bonds is 11. The summed E-state index contributed by atoms with van der Waals surface area (Å²) in [4.78, 5) is 18.6. The first-order valence-corrected chi connectivity index (χ1v) is 20.6. The number of unbranched alkanes of at least 4 members (excludes halogenated alkanes) is 3. The molecule has 3 nitrogen and oxygen atoms in total. The Balaban J connectivity index is 2.09. The molecule has 2 aromatic carbocycles. The van der Waals surface area contributed by atoms with Crippen LogP contribution >= 0.6 is 11.6 Å². The standard InChI is InChI=1S/C16H11ClFN2O.3C4H9.Sn/c1-20-14-7-6-10(17)8-12(14)16(19-9-15(20)21)11-4-2-3-5-13(11)18;3*1-3-4-2;/h2,4-8H,9H2,1H3;3*1,3-4H2,2H3;. The molecular formula is C28H38ClFN2OSn. The fraction of sp³-hybridized carbons (Fsp3) is 0.500. The van der Waals surface area contributed by atoms with Crippen LogP contribution in [-0.2, 0) is 4.79 Å². The number of likely N-dealkylation sites (N-methyl/N-ethyl adjacent to an activating group) is 1. The van der Waals surface area contributed by atoms with Crippen molar-refractivity contribution in [2.45, 2.75) is 72.6 Å². The molecule has 0 aromatic heterocycles. The van der Waals surface area contributed by atoms with Gasteiger partial charge in [0, 0.05) is 0 Å². The number of benzodiazepines with no additional fused rings is 1. The number of hydrogen-bond acceptors (Lipinski definition) is 2. The van der Waals surface area contributed by atoms with Crippen molar-refractivity contribution in [3.05, 3.63) is 58.4 Å². The van der Waals surface area contributed by atoms with E-state index in [0.29, 0.717) is 27.5 Å². The van der Waals surface area contributed by atoms with Crippen molar-refractivity contribution in [1.29, 1.82) is 0 Å². The summed E-state index contributed by atoms with van der Waals surface area (Å²) in [6.45, 7) is 6.76. The molecule has 1 aliphatic heterocycles. The number of benzene rings is 2. The summed E-state index contributed by atoms with van der Waals surface area (Å²) < 4.78 is 21.1. The van der Waals surface area contributed by atoms with Crippen LogP contribution in [0, 0.1) is 5.82 Å². The van der Waals surface area contributed by atoms with Crippen molar-refractivity contribution in [1.82, 2.24) is 0 Å². The Morgan fingerprint density at radius 1 is 0.941 bits per heavy atom. The van der Waals surface area contributed by atoms with Crippen LogP contribution in [0.3, 0.4) is 0 Å². The average Bonchev–Trinajstić information content (AvgIpc) is 2.95. The summed E-state index contributed by atoms with van der Waals surface area (Å²) in [5, 5.41) is 0.542. The van der Waals surface area contributed by atoms with E-state index in [1.807, 2.05) is 18.2 Å². The van der Waals surface area contributed by atoms with E-state index in [-0.39, 0.29) is 18.3 Å². The summed E-state index contributed by atoms with van der Waals surface area (Å²) in [6.07, 6.45) is 7.27. The van der Waals surface area contributed by atoms with Gasteiger partial charge in [-0.15, -0.1) is 0 Å². The molecule has 184 valence electrons. The summed E-state index contributed by atoms with van der Waals surface area (Å²) in [5.41, 5.74) is 2.37. The molecule has 1 heterocycles. The van der Waals surface area contributed by atoms with Crippen LogP contribution in [0.5, 0.6) is 0 Å². The van der Waals surface area contributed by atoms with Crippen molar-refractivity contribution in [3.63, 3.8) is 0 Å². The predicted molar refractivity (Wildman–Crippen MR) is 146 cm³/mol. The Morgan fingerprint density at radius 3 is 2.12 bits per heavy atom. The maximum absolute atomic E-state index is 15.9. The number of hydrogen-bond donors (Lipinski definition) is 0. The third-order valence-corrected chi connectivity index (χ3v) is 23.0. The second kappa shape index (κ2) is 12.5. The second-order valence-electron chi connectivity index (χ2n) is 9.56. The van der Waals surface area contributed by atoms with Crippen molar-refractivity contribution in [3.8, 4) is 0 Å². The van der Waals surface area contributed by atoms with Crippen LogP contribution in [0.15, 0.2) is 41.4 Å². The number of aliphatic imine (C=N–C) groups is 1. The Morgan fingerprint density at radius 2 is 1.56 bits per heavy atom. The monoisotopic (exact) mass is 592 g/mol. The van der Waals surface area contributed by atoms with Gasteiger partial charge in [-0.3, -0.25) is 0 Å². The summed E-state index contributed by atoms with van der Waals surface area (Å²) in [6, 6.07) is 11.3. The van der Waals surface area contributed by atoms with Crippen LogP contribution in [0.1, 0.15) is 70.4 Å². The normalized spacial score (nSPS) is 14.1. The molecule has 0 N–H and O–H groups in total. The molecule has 0 spiro atoms. The molecule has 3 rings (SSSR count). The van der Waals surface area contributed by atoms with Crippen molar-refractivity contribution < 1.29 is 9.18 Å². The topological polar surface area (TPSA) is 32.7 Å². The van der Waals surface area contributed by atoms with Crippen molar-refractivity contribution in [2.24, 2.45) is 4.99 Å². The number of amides is 1. The van der Waals surface area contributed by atoms with Crippen LogP contribution < -0.4 is 8.48 Å². The fourth-order valence-corrected chi connectivity index (χ4v) is 21.2. The Hall–Kier alpha value is -1.40. The first-order chi connectivity index (χ1) is 16.4. The second-order valence-corrected chi connectivity index (χ2v) is 23.2. The molecule has 6 heteroatoms. The van der Waals surface area contributed by atoms with E-state index in [1.54, 1.807) is 24.1 Å². The van der Waals surface area contributed by atoms with Gasteiger partial charge < -0.3 is 0 Å². The van der Waals surface area contributed by atoms with Crippen LogP contribution in [-0.4, -0.2) is 43.6 Å². The van der Waals surface area contributed by atoms with E-state index in [1.165, 1.54) is 55.4 Å². The summed E-state index contributed by atoms with van der Waals surface area (Å²) in [5.74, 6) is -0.353. The minimum atomic E-state index is -2.75. The third kappa shape index (κ3) is 6.04. The number of carbonyl (C=O) groups is 1. The minimum absolute atomic E-state index is 0.00795. The first-order valence-electron chi connectivity index (χ1n) is 12.8. The van der Waals surface area contributed by atoms with Crippen LogP contribution in [0.4, 0.5) is 10.1 Å². The molecule has 0 saturated heterocycles. The predicted octanol–water partition coefficient (Wildman–Crippen LogP) is 7.35. The van der Waals surface area contributed by atoms with Gasteiger partial charge >= 0.3 is 215 Å². The van der Waals surface area contributed by atoms with E-state index in [4.69, 9.17) is 11.6 Å². The molecular weight excluding hydrogens is 553 g/mol. The van der Waals surface area contributed by atoms with E-state index < -0.39 is 18.4 Å². The SMILES string of the molecule is CCC[CH2][Sn]([CH2]CCC)([CH2]CCC)[c]1ccc(C2=NCC(=O)N(C)c3ccc(Cl)cc32)c(F)c1. The van der Waals surface area contributed by atoms with Crippen LogP contribution in [0.25, 0.3) is 0 Å². The molecule has 1 amide bonds.